The van der Waals surface area contributed by atoms with Gasteiger partial charge in [0.2, 0.25) is 0 Å². The van der Waals surface area contributed by atoms with Gasteiger partial charge in [0, 0.05) is 5.97 Å². The van der Waals surface area contributed by atoms with Crippen LogP contribution in [0.15, 0.2) is 0 Å². The van der Waals surface area contributed by atoms with Crippen molar-refractivity contribution in [2.45, 2.75) is 19.4 Å². The van der Waals surface area contributed by atoms with E-state index >= 15 is 0 Å². The van der Waals surface area contributed by atoms with Crippen molar-refractivity contribution in [3.63, 3.8) is 0 Å². The summed E-state index contributed by atoms with van der Waals surface area (Å²) in [6, 6.07) is 0. The summed E-state index contributed by atoms with van der Waals surface area (Å²) in [4.78, 5) is 9.98. The van der Waals surface area contributed by atoms with Gasteiger partial charge in [0.05, 0.1) is 12.7 Å². The van der Waals surface area contributed by atoms with Gasteiger partial charge in [-0.15, -0.1) is 0 Å². The van der Waals surface area contributed by atoms with Gasteiger partial charge in [-0.25, -0.2) is 0 Å². The maximum absolute atomic E-state index is 9.98. The van der Waals surface area contributed by atoms with Crippen molar-refractivity contribution in [1.29, 1.82) is 0 Å². The molecule has 1 aliphatic heterocycles. The van der Waals surface area contributed by atoms with Crippen LogP contribution in [0.4, 0.5) is 0 Å². The van der Waals surface area contributed by atoms with Gasteiger partial charge in [-0.2, -0.15) is 0 Å². The minimum absolute atomic E-state index is 0.116. The first-order valence-electron chi connectivity index (χ1n) is 3.01. The first kappa shape index (κ1) is 6.55. The molecule has 1 rings (SSSR count). The summed E-state index contributed by atoms with van der Waals surface area (Å²) < 4.78 is 4.88. The van der Waals surface area contributed by atoms with Crippen molar-refractivity contribution >= 4 is 5.97 Å². The van der Waals surface area contributed by atoms with E-state index in [9.17, 15) is 9.90 Å². The van der Waals surface area contributed by atoms with Crippen LogP contribution in [0.2, 0.25) is 0 Å². The molecule has 1 saturated heterocycles. The van der Waals surface area contributed by atoms with E-state index in [0.29, 0.717) is 6.61 Å². The highest BCUT2D eigenvalue weighted by molar-refractivity contribution is 5.64. The minimum atomic E-state index is -0.988. The highest BCUT2D eigenvalue weighted by Gasteiger charge is 2.28. The molecule has 0 saturated carbocycles. The fourth-order valence-electron chi connectivity index (χ4n) is 0.778. The lowest BCUT2D eigenvalue weighted by Gasteiger charge is -2.06. The molecule has 3 nitrogen and oxygen atoms in total. The summed E-state index contributed by atoms with van der Waals surface area (Å²) in [5.74, 6) is -0.868. The summed E-state index contributed by atoms with van der Waals surface area (Å²) in [7, 11) is 0. The third kappa shape index (κ3) is 2.01. The molecule has 1 fully saturated rings. The Bertz CT molecular complexity index is 117. The Balaban J connectivity index is 2.17. The Kier molecular flexibility index (Phi) is 1.71. The summed E-state index contributed by atoms with van der Waals surface area (Å²) >= 11 is 0. The van der Waals surface area contributed by atoms with Crippen LogP contribution in [0.1, 0.15) is 13.3 Å². The molecule has 0 aromatic heterocycles. The van der Waals surface area contributed by atoms with E-state index in [1.165, 1.54) is 0 Å². The van der Waals surface area contributed by atoms with Crippen molar-refractivity contribution in [3.8, 4) is 0 Å². The van der Waals surface area contributed by atoms with Crippen LogP contribution in [0.5, 0.6) is 0 Å². The number of carbonyl (C=O) groups is 1. The normalized spacial score (nSPS) is 27.4. The van der Waals surface area contributed by atoms with E-state index in [1.807, 2.05) is 6.92 Å². The van der Waals surface area contributed by atoms with Crippen molar-refractivity contribution in [2.75, 3.05) is 6.61 Å². The van der Waals surface area contributed by atoms with Crippen LogP contribution in [0.25, 0.3) is 0 Å². The number of carboxylic acid groups (broad SMARTS) is 1. The van der Waals surface area contributed by atoms with Gasteiger partial charge in [-0.3, -0.25) is 0 Å². The number of hydrogen-bond acceptors (Lipinski definition) is 3. The number of carbonyl (C=O) groups excluding carboxylic acids is 1. The maximum Gasteiger partial charge on any atom is 0.0839 e. The monoisotopic (exact) mass is 129 g/mol. The Morgan fingerprint density at radius 1 is 2.00 bits per heavy atom. The van der Waals surface area contributed by atoms with Gasteiger partial charge in [0.1, 0.15) is 0 Å². The van der Waals surface area contributed by atoms with E-state index in [0.717, 1.165) is 0 Å². The lowest BCUT2D eigenvalue weighted by Crippen LogP contribution is -2.25. The molecule has 1 heterocycles. The molecule has 0 aromatic rings. The number of hydrogen-bond donors (Lipinski definition) is 0. The Morgan fingerprint density at radius 3 is 2.89 bits per heavy atom. The molecule has 52 valence electrons. The average Bonchev–Trinajstić information content (AvgIpc) is 2.40. The molecular formula is C6H9O3-. The molecule has 0 spiro atoms. The van der Waals surface area contributed by atoms with Crippen molar-refractivity contribution in [3.05, 3.63) is 0 Å². The van der Waals surface area contributed by atoms with Crippen molar-refractivity contribution in [1.82, 2.24) is 0 Å². The summed E-state index contributed by atoms with van der Waals surface area (Å²) in [5.41, 5.74) is 0. The molecule has 0 radical (unpaired) electrons. The number of rotatable bonds is 3. The quantitative estimate of drug-likeness (QED) is 0.467. The summed E-state index contributed by atoms with van der Waals surface area (Å²) in [5, 5.41) is 9.98. The molecule has 1 aliphatic rings. The Labute approximate surface area is 53.6 Å². The zero-order valence-corrected chi connectivity index (χ0v) is 5.29. The summed E-state index contributed by atoms with van der Waals surface area (Å²) in [6.07, 6.45) is 0.299. The van der Waals surface area contributed by atoms with Crippen LogP contribution in [0, 0.1) is 5.92 Å². The second kappa shape index (κ2) is 2.35. The molecule has 0 aliphatic carbocycles. The molecule has 3 heteroatoms. The van der Waals surface area contributed by atoms with Crippen molar-refractivity contribution < 1.29 is 14.6 Å². The SMILES string of the molecule is C[C@@H](CC(=O)[O-])[C@H]1CO1. The number of ether oxygens (including phenoxy) is 1. The average molecular weight is 129 g/mol. The van der Waals surface area contributed by atoms with Crippen LogP contribution in [0.3, 0.4) is 0 Å². The lowest BCUT2D eigenvalue weighted by atomic mass is 10.1. The molecule has 0 aromatic carbocycles. The number of aliphatic carboxylic acids is 1. The van der Waals surface area contributed by atoms with E-state index in [2.05, 4.69) is 0 Å². The standard InChI is InChI=1S/C6H10O3/c1-4(2-6(7)8)5-3-9-5/h4-5H,2-3H2,1H3,(H,7,8)/p-1/t4-,5+/m0/s1. The first-order chi connectivity index (χ1) is 4.20. The van der Waals surface area contributed by atoms with E-state index in [4.69, 9.17) is 4.74 Å². The van der Waals surface area contributed by atoms with Gasteiger partial charge < -0.3 is 14.6 Å². The lowest BCUT2D eigenvalue weighted by molar-refractivity contribution is -0.306. The second-order valence-corrected chi connectivity index (χ2v) is 2.43. The van der Waals surface area contributed by atoms with Crippen LogP contribution in [-0.4, -0.2) is 18.7 Å². The van der Waals surface area contributed by atoms with E-state index in [-0.39, 0.29) is 18.4 Å². The van der Waals surface area contributed by atoms with Crippen molar-refractivity contribution in [2.24, 2.45) is 5.92 Å². The first-order valence-corrected chi connectivity index (χ1v) is 3.01. The maximum atomic E-state index is 9.98. The highest BCUT2D eigenvalue weighted by Crippen LogP contribution is 2.21. The number of carboxylic acids is 1. The topological polar surface area (TPSA) is 52.7 Å². The van der Waals surface area contributed by atoms with Gasteiger partial charge in [-0.05, 0) is 12.3 Å². The van der Waals surface area contributed by atoms with E-state index in [1.54, 1.807) is 0 Å². The van der Waals surface area contributed by atoms with Gasteiger partial charge in [0.15, 0.2) is 0 Å². The predicted octanol–water partition coefficient (Wildman–Crippen LogP) is -0.839. The largest absolute Gasteiger partial charge is 0.550 e. The second-order valence-electron chi connectivity index (χ2n) is 2.43. The van der Waals surface area contributed by atoms with Crippen LogP contribution < -0.4 is 5.11 Å². The Morgan fingerprint density at radius 2 is 2.56 bits per heavy atom. The fourth-order valence-corrected chi connectivity index (χ4v) is 0.778. The highest BCUT2D eigenvalue weighted by atomic mass is 16.6. The molecule has 0 N–H and O–H groups in total. The van der Waals surface area contributed by atoms with E-state index < -0.39 is 5.97 Å². The van der Waals surface area contributed by atoms with Crippen LogP contribution >= 0.6 is 0 Å². The zero-order valence-electron chi connectivity index (χ0n) is 5.29. The molecular weight excluding hydrogens is 120 g/mol. The molecule has 0 amide bonds. The smallest absolute Gasteiger partial charge is 0.0839 e. The molecule has 0 bridgehead atoms. The molecule has 2 atom stereocenters. The van der Waals surface area contributed by atoms with Crippen LogP contribution in [-0.2, 0) is 9.53 Å². The fraction of sp³-hybridized carbons (Fsp3) is 0.833. The molecule has 9 heavy (non-hydrogen) atoms. The van der Waals surface area contributed by atoms with Gasteiger partial charge in [-0.1, -0.05) is 6.92 Å². The minimum Gasteiger partial charge on any atom is -0.550 e. The third-order valence-corrected chi connectivity index (χ3v) is 1.48. The Hall–Kier alpha value is -0.570. The third-order valence-electron chi connectivity index (χ3n) is 1.48. The van der Waals surface area contributed by atoms with Gasteiger partial charge in [0.25, 0.3) is 0 Å². The summed E-state index contributed by atoms with van der Waals surface area (Å²) in [6.45, 7) is 2.57. The predicted molar refractivity (Wildman–Crippen MR) is 28.5 cm³/mol. The van der Waals surface area contributed by atoms with Gasteiger partial charge >= 0.3 is 0 Å². The number of epoxide rings is 1. The zero-order chi connectivity index (χ0) is 6.85. The molecule has 0 unspecified atom stereocenters.